The highest BCUT2D eigenvalue weighted by molar-refractivity contribution is 5.76. The topological polar surface area (TPSA) is 172 Å². The molecule has 0 spiro atoms. The van der Waals surface area contributed by atoms with Gasteiger partial charge in [-0.2, -0.15) is 0 Å². The number of amides is 1. The van der Waals surface area contributed by atoms with Crippen molar-refractivity contribution in [3.63, 3.8) is 0 Å². The predicted molar refractivity (Wildman–Crippen MR) is 221 cm³/mol. The molecule has 3 N–H and O–H groups in total. The van der Waals surface area contributed by atoms with Crippen molar-refractivity contribution in [2.24, 2.45) is 5.73 Å². The van der Waals surface area contributed by atoms with Gasteiger partial charge in [-0.05, 0) is 42.2 Å². The van der Waals surface area contributed by atoms with Crippen LogP contribution in [0.15, 0.2) is 82.4 Å². The minimum atomic E-state index is -0.815. The summed E-state index contributed by atoms with van der Waals surface area (Å²) in [5.74, 6) is -1.81. The van der Waals surface area contributed by atoms with Crippen LogP contribution in [0.2, 0.25) is 0 Å². The lowest BCUT2D eigenvalue weighted by Crippen LogP contribution is -2.44. The molecule has 4 rings (SSSR count). The van der Waals surface area contributed by atoms with Crippen molar-refractivity contribution in [3.05, 3.63) is 128 Å². The maximum atomic E-state index is 14.8. The average molecular weight is 839 g/mol. The molecule has 0 bridgehead atoms. The summed E-state index contributed by atoms with van der Waals surface area (Å²) >= 11 is 0. The fourth-order valence-corrected chi connectivity index (χ4v) is 6.15. The molecule has 326 valence electrons. The molecule has 1 amide bonds. The first-order chi connectivity index (χ1) is 29.2. The number of halogens is 2. The summed E-state index contributed by atoms with van der Waals surface area (Å²) in [6.07, 6.45) is 1.74. The second kappa shape index (κ2) is 27.0. The van der Waals surface area contributed by atoms with Crippen LogP contribution in [-0.4, -0.2) is 107 Å². The number of carbonyl (C=O) groups excluding carboxylic acids is 2. The van der Waals surface area contributed by atoms with Gasteiger partial charge >= 0.3 is 5.69 Å². The zero-order valence-electron chi connectivity index (χ0n) is 34.1. The molecule has 1 atom stereocenters. The van der Waals surface area contributed by atoms with Gasteiger partial charge in [0.15, 0.2) is 0 Å². The van der Waals surface area contributed by atoms with Gasteiger partial charge in [-0.15, -0.1) is 0 Å². The number of hydrogen-bond donors (Lipinski definition) is 2. The van der Waals surface area contributed by atoms with Crippen LogP contribution in [-0.2, 0) is 57.5 Å². The molecule has 0 aliphatic carbocycles. The molecule has 4 aromatic rings. The first kappa shape index (κ1) is 47.7. The van der Waals surface area contributed by atoms with E-state index in [0.29, 0.717) is 110 Å². The summed E-state index contributed by atoms with van der Waals surface area (Å²) in [4.78, 5) is 50.8. The van der Waals surface area contributed by atoms with Crippen LogP contribution in [0.4, 0.5) is 8.78 Å². The molecule has 1 aromatic heterocycles. The van der Waals surface area contributed by atoms with Gasteiger partial charge in [-0.25, -0.2) is 13.6 Å². The van der Waals surface area contributed by atoms with Crippen molar-refractivity contribution in [1.29, 1.82) is 0 Å². The van der Waals surface area contributed by atoms with E-state index in [0.717, 1.165) is 28.5 Å². The Kier molecular flexibility index (Phi) is 21.5. The summed E-state index contributed by atoms with van der Waals surface area (Å²) in [5.41, 5.74) is 7.20. The van der Waals surface area contributed by atoms with E-state index in [1.165, 1.54) is 10.6 Å². The number of hydrogen-bond acceptors (Lipinski definition) is 11. The Labute approximate surface area is 348 Å². The predicted octanol–water partition coefficient (Wildman–Crippen LogP) is 3.75. The third kappa shape index (κ3) is 15.9. The lowest BCUT2D eigenvalue weighted by molar-refractivity contribution is -0.121. The molecule has 16 heteroatoms. The quantitative estimate of drug-likeness (QED) is 0.0579. The first-order valence-electron chi connectivity index (χ1n) is 20.0. The number of nitrogens with zero attached hydrogens (tertiary/aromatic N) is 2. The molecule has 0 aliphatic rings. The van der Waals surface area contributed by atoms with Crippen LogP contribution in [0.1, 0.15) is 41.3 Å². The van der Waals surface area contributed by atoms with Gasteiger partial charge in [0, 0.05) is 36.7 Å². The van der Waals surface area contributed by atoms with E-state index >= 15 is 0 Å². The largest absolute Gasteiger partial charge is 0.379 e. The summed E-state index contributed by atoms with van der Waals surface area (Å²) < 4.78 is 64.3. The van der Waals surface area contributed by atoms with Gasteiger partial charge < -0.3 is 44.3 Å². The normalized spacial score (nSPS) is 11.8. The Balaban J connectivity index is 1.20. The van der Waals surface area contributed by atoms with Gasteiger partial charge in [-0.1, -0.05) is 60.7 Å². The maximum Gasteiger partial charge on any atom is 0.331 e. The lowest BCUT2D eigenvalue weighted by Gasteiger charge is -2.20. The van der Waals surface area contributed by atoms with E-state index in [-0.39, 0.29) is 35.7 Å². The first-order valence-corrected chi connectivity index (χ1v) is 20.0. The molecular formula is C44H56F2N4O10. The molecule has 0 saturated carbocycles. The number of nitrogens with one attached hydrogen (secondary N) is 1. The van der Waals surface area contributed by atoms with Crippen LogP contribution in [0.25, 0.3) is 11.1 Å². The summed E-state index contributed by atoms with van der Waals surface area (Å²) in [6.45, 7) is 6.21. The number of benzene rings is 3. The maximum absolute atomic E-state index is 14.8. The van der Waals surface area contributed by atoms with Gasteiger partial charge in [0.1, 0.15) is 17.9 Å². The Hall–Kier alpha value is -4.94. The lowest BCUT2D eigenvalue weighted by atomic mass is 10.00. The molecule has 0 fully saturated rings. The van der Waals surface area contributed by atoms with Gasteiger partial charge in [0.05, 0.1) is 97.9 Å². The second-order valence-corrected chi connectivity index (χ2v) is 13.6. The van der Waals surface area contributed by atoms with Gasteiger partial charge in [0.25, 0.3) is 5.56 Å². The van der Waals surface area contributed by atoms with Gasteiger partial charge in [-0.3, -0.25) is 18.7 Å². The van der Waals surface area contributed by atoms with Crippen molar-refractivity contribution < 1.29 is 46.8 Å². The van der Waals surface area contributed by atoms with Crippen LogP contribution >= 0.6 is 0 Å². The van der Waals surface area contributed by atoms with E-state index in [4.69, 9.17) is 34.2 Å². The number of aryl methyl sites for hydroxylation is 1. The van der Waals surface area contributed by atoms with E-state index in [2.05, 4.69) is 5.32 Å². The van der Waals surface area contributed by atoms with Crippen LogP contribution < -0.4 is 22.3 Å². The number of aldehydes is 1. The second-order valence-electron chi connectivity index (χ2n) is 13.6. The molecular weight excluding hydrogens is 782 g/mol. The molecule has 60 heavy (non-hydrogen) atoms. The number of carbonyl (C=O) groups is 2. The standard InChI is InChI=1S/C44H56F2N4O10/c1-33-42(43(53)50(32-40(47)35-9-3-2-4-10-35)44(54)49(33)31-37-38(45)12-6-13-39(37)46)36-11-5-8-34(30-36)14-15-41(52)48-16-19-56-21-23-58-25-27-60-29-28-59-26-24-57-22-20-55-18-7-17-51/h2-6,8-13,17,30,40H,7,14-16,18-29,31-32,47H2,1H3,(H,48,52)/t40-/m0/s1. The van der Waals surface area contributed by atoms with E-state index in [9.17, 15) is 28.0 Å². The van der Waals surface area contributed by atoms with E-state index < -0.39 is 35.5 Å². The fourth-order valence-electron chi connectivity index (χ4n) is 6.15. The SMILES string of the molecule is Cc1c(-c2cccc(CCC(=O)NCCOCCOCCOCCOCCOCCOCCC=O)c2)c(=O)n(C[C@H](N)c2ccccc2)c(=O)n1Cc1c(F)cccc1F. The Morgan fingerprint density at radius 3 is 1.87 bits per heavy atom. The minimum Gasteiger partial charge on any atom is -0.379 e. The highest BCUT2D eigenvalue weighted by Gasteiger charge is 2.22. The summed E-state index contributed by atoms with van der Waals surface area (Å²) in [5, 5.41) is 2.84. The number of rotatable bonds is 30. The van der Waals surface area contributed by atoms with E-state index in [1.54, 1.807) is 49.4 Å². The summed E-state index contributed by atoms with van der Waals surface area (Å²) in [6, 6.07) is 18.9. The zero-order valence-corrected chi connectivity index (χ0v) is 34.1. The number of nitrogens with two attached hydrogens (primary N) is 1. The monoisotopic (exact) mass is 838 g/mol. The number of ether oxygens (including phenoxy) is 6. The Morgan fingerprint density at radius 2 is 1.28 bits per heavy atom. The molecule has 14 nitrogen and oxygen atoms in total. The minimum absolute atomic E-state index is 0.167. The third-order valence-corrected chi connectivity index (χ3v) is 9.34. The fraction of sp³-hybridized carbons (Fsp3) is 0.455. The summed E-state index contributed by atoms with van der Waals surface area (Å²) in [7, 11) is 0. The zero-order chi connectivity index (χ0) is 43.0. The van der Waals surface area contributed by atoms with E-state index in [1.807, 2.05) is 12.1 Å². The number of aromatic nitrogens is 2. The van der Waals surface area contributed by atoms with Crippen molar-refractivity contribution in [1.82, 2.24) is 14.5 Å². The highest BCUT2D eigenvalue weighted by Crippen LogP contribution is 2.23. The Bertz CT molecular complexity index is 2010. The molecule has 0 unspecified atom stereocenters. The van der Waals surface area contributed by atoms with Crippen molar-refractivity contribution >= 4 is 12.2 Å². The Morgan fingerprint density at radius 1 is 0.733 bits per heavy atom. The van der Waals surface area contributed by atoms with Crippen molar-refractivity contribution in [2.45, 2.75) is 45.3 Å². The van der Waals surface area contributed by atoms with Crippen molar-refractivity contribution in [2.75, 3.05) is 85.8 Å². The molecule has 0 aliphatic heterocycles. The van der Waals surface area contributed by atoms with Crippen LogP contribution in [0.5, 0.6) is 0 Å². The molecule has 1 heterocycles. The highest BCUT2D eigenvalue weighted by atomic mass is 19.1. The molecule has 3 aromatic carbocycles. The van der Waals surface area contributed by atoms with Crippen LogP contribution in [0.3, 0.4) is 0 Å². The van der Waals surface area contributed by atoms with Crippen LogP contribution in [0, 0.1) is 18.6 Å². The smallest absolute Gasteiger partial charge is 0.331 e. The molecule has 0 radical (unpaired) electrons. The average Bonchev–Trinajstić information content (AvgIpc) is 3.25. The van der Waals surface area contributed by atoms with Crippen molar-refractivity contribution in [3.8, 4) is 11.1 Å². The third-order valence-electron chi connectivity index (χ3n) is 9.34. The van der Waals surface area contributed by atoms with Gasteiger partial charge in [0.2, 0.25) is 5.91 Å². The molecule has 0 saturated heterocycles.